The summed E-state index contributed by atoms with van der Waals surface area (Å²) in [6, 6.07) is 15.8. The minimum Gasteiger partial charge on any atom is -0.320 e. The maximum atomic E-state index is 13.1. The largest absolute Gasteiger partial charge is 0.320 e. The lowest BCUT2D eigenvalue weighted by molar-refractivity contribution is -0.121. The van der Waals surface area contributed by atoms with E-state index in [2.05, 4.69) is 10.2 Å². The van der Waals surface area contributed by atoms with Gasteiger partial charge < -0.3 is 5.32 Å². The summed E-state index contributed by atoms with van der Waals surface area (Å²) >= 11 is 0. The Balaban J connectivity index is 1.48. The average molecular weight is 423 g/mol. The third-order valence-corrected chi connectivity index (χ3v) is 6.00. The van der Waals surface area contributed by atoms with E-state index in [0.717, 1.165) is 30.6 Å². The van der Waals surface area contributed by atoms with Crippen molar-refractivity contribution in [3.63, 3.8) is 0 Å². The van der Waals surface area contributed by atoms with Gasteiger partial charge in [-0.05, 0) is 56.1 Å². The van der Waals surface area contributed by atoms with Crippen LogP contribution in [0.25, 0.3) is 5.69 Å². The lowest BCUT2D eigenvalue weighted by Crippen LogP contribution is -2.40. The van der Waals surface area contributed by atoms with Crippen LogP contribution in [0.5, 0.6) is 0 Å². The summed E-state index contributed by atoms with van der Waals surface area (Å²) in [5.41, 5.74) is 2.57. The van der Waals surface area contributed by atoms with Crippen LogP contribution in [-0.2, 0) is 18.4 Å². The number of amides is 1. The molecule has 31 heavy (non-hydrogen) atoms. The maximum absolute atomic E-state index is 13.1. The smallest absolute Gasteiger partial charge is 0.295 e. The van der Waals surface area contributed by atoms with Gasteiger partial charge in [0.1, 0.15) is 11.5 Å². The molecule has 1 aliphatic rings. The highest BCUT2D eigenvalue weighted by Crippen LogP contribution is 2.21. The van der Waals surface area contributed by atoms with Gasteiger partial charge in [-0.25, -0.2) is 9.07 Å². The summed E-state index contributed by atoms with van der Waals surface area (Å²) in [5, 5.41) is 2.90. The van der Waals surface area contributed by atoms with E-state index in [9.17, 15) is 14.0 Å². The fourth-order valence-corrected chi connectivity index (χ4v) is 4.20. The molecule has 2 aromatic carbocycles. The molecule has 1 saturated heterocycles. The molecule has 1 aliphatic heterocycles. The molecule has 7 heteroatoms. The molecule has 1 amide bonds. The summed E-state index contributed by atoms with van der Waals surface area (Å²) in [6.07, 6.45) is 1.69. The van der Waals surface area contributed by atoms with Crippen LogP contribution in [0.1, 0.15) is 24.1 Å². The van der Waals surface area contributed by atoms with Crippen molar-refractivity contribution >= 4 is 11.6 Å². The first-order valence-electron chi connectivity index (χ1n) is 10.6. The van der Waals surface area contributed by atoms with Gasteiger partial charge in [-0.1, -0.05) is 30.3 Å². The number of hydrogen-bond acceptors (Lipinski definition) is 3. The number of nitrogens with zero attached hydrogens (tertiary/aromatic N) is 3. The quantitative estimate of drug-likeness (QED) is 0.685. The Morgan fingerprint density at radius 2 is 1.84 bits per heavy atom. The van der Waals surface area contributed by atoms with E-state index in [1.54, 1.807) is 21.5 Å². The Labute approximate surface area is 180 Å². The fourth-order valence-electron chi connectivity index (χ4n) is 4.20. The second-order valence-corrected chi connectivity index (χ2v) is 8.13. The summed E-state index contributed by atoms with van der Waals surface area (Å²) < 4.78 is 16.5. The van der Waals surface area contributed by atoms with Gasteiger partial charge in [0.05, 0.1) is 17.3 Å². The monoisotopic (exact) mass is 422 g/mol. The van der Waals surface area contributed by atoms with Crippen LogP contribution in [0.15, 0.2) is 59.4 Å². The molecule has 1 fully saturated rings. The first-order chi connectivity index (χ1) is 14.9. The lowest BCUT2D eigenvalue weighted by atomic mass is 9.96. The van der Waals surface area contributed by atoms with Gasteiger partial charge >= 0.3 is 0 Å². The average Bonchev–Trinajstić information content (AvgIpc) is 2.99. The van der Waals surface area contributed by atoms with Gasteiger partial charge in [0.25, 0.3) is 5.56 Å². The molecule has 0 saturated carbocycles. The number of benzene rings is 2. The van der Waals surface area contributed by atoms with E-state index in [-0.39, 0.29) is 23.2 Å². The molecule has 6 nitrogen and oxygen atoms in total. The number of rotatable bonds is 5. The number of carbonyl (C=O) groups is 1. The van der Waals surface area contributed by atoms with Gasteiger partial charge in [0.15, 0.2) is 0 Å². The van der Waals surface area contributed by atoms with Crippen molar-refractivity contribution in [2.75, 3.05) is 18.4 Å². The third-order valence-electron chi connectivity index (χ3n) is 6.00. The summed E-state index contributed by atoms with van der Waals surface area (Å²) in [4.78, 5) is 28.3. The molecular weight excluding hydrogens is 395 g/mol. The van der Waals surface area contributed by atoms with Crippen LogP contribution in [0.4, 0.5) is 10.1 Å². The van der Waals surface area contributed by atoms with E-state index >= 15 is 0 Å². The summed E-state index contributed by atoms with van der Waals surface area (Å²) in [7, 11) is 1.81. The van der Waals surface area contributed by atoms with Crippen LogP contribution < -0.4 is 10.9 Å². The number of piperidine rings is 1. The number of carbonyl (C=O) groups excluding carboxylic acids is 1. The molecule has 162 valence electrons. The number of para-hydroxylation sites is 1. The first-order valence-corrected chi connectivity index (χ1v) is 10.6. The number of anilines is 1. The Bertz CT molecular complexity index is 1120. The highest BCUT2D eigenvalue weighted by molar-refractivity contribution is 5.93. The van der Waals surface area contributed by atoms with Crippen molar-refractivity contribution in [3.8, 4) is 5.69 Å². The number of likely N-dealkylation sites (tertiary alicyclic amines) is 1. The van der Waals surface area contributed by atoms with Gasteiger partial charge in [0, 0.05) is 20.1 Å². The van der Waals surface area contributed by atoms with Crippen molar-refractivity contribution < 1.29 is 9.18 Å². The standard InChI is InChI=1S/C24H27FN4O2/c1-17-22(24(31)29(27(17)2)21-8-4-3-5-9-21)26-23(30)19-7-6-14-28(16-19)15-18-10-12-20(25)13-11-18/h3-5,8-13,19H,6-7,14-16H2,1-2H3,(H,26,30)/t19-/m0/s1. The van der Waals surface area contributed by atoms with E-state index in [0.29, 0.717) is 24.5 Å². The maximum Gasteiger partial charge on any atom is 0.295 e. The number of aromatic nitrogens is 2. The molecule has 0 aliphatic carbocycles. The van der Waals surface area contributed by atoms with Gasteiger partial charge in [-0.2, -0.15) is 0 Å². The Morgan fingerprint density at radius 3 is 2.55 bits per heavy atom. The third kappa shape index (κ3) is 4.46. The molecule has 1 aromatic heterocycles. The molecule has 0 unspecified atom stereocenters. The Morgan fingerprint density at radius 1 is 1.13 bits per heavy atom. The molecule has 0 spiro atoms. The van der Waals surface area contributed by atoms with E-state index < -0.39 is 0 Å². The highest BCUT2D eigenvalue weighted by Gasteiger charge is 2.28. The van der Waals surface area contributed by atoms with Crippen LogP contribution in [-0.4, -0.2) is 33.3 Å². The molecular formula is C24H27FN4O2. The molecule has 0 bridgehead atoms. The normalized spacial score (nSPS) is 16.9. The van der Waals surface area contributed by atoms with Gasteiger partial charge in [0.2, 0.25) is 5.91 Å². The van der Waals surface area contributed by atoms with Gasteiger partial charge in [-0.3, -0.25) is 19.2 Å². The van der Waals surface area contributed by atoms with Crippen LogP contribution >= 0.6 is 0 Å². The Kier molecular flexibility index (Phi) is 6.04. The number of hydrogen-bond donors (Lipinski definition) is 1. The number of nitrogens with one attached hydrogen (secondary N) is 1. The zero-order valence-corrected chi connectivity index (χ0v) is 17.8. The van der Waals surface area contributed by atoms with E-state index in [4.69, 9.17) is 0 Å². The predicted molar refractivity (Wildman–Crippen MR) is 119 cm³/mol. The zero-order valence-electron chi connectivity index (χ0n) is 17.8. The second kappa shape index (κ2) is 8.89. The topological polar surface area (TPSA) is 59.3 Å². The second-order valence-electron chi connectivity index (χ2n) is 8.13. The lowest BCUT2D eigenvalue weighted by Gasteiger charge is -2.31. The highest BCUT2D eigenvalue weighted by atomic mass is 19.1. The fraction of sp³-hybridized carbons (Fsp3) is 0.333. The van der Waals surface area contributed by atoms with Crippen LogP contribution in [0.2, 0.25) is 0 Å². The number of halogens is 1. The molecule has 4 rings (SSSR count). The zero-order chi connectivity index (χ0) is 22.0. The molecule has 1 atom stereocenters. The molecule has 1 N–H and O–H groups in total. The van der Waals surface area contributed by atoms with E-state index in [1.807, 2.05) is 44.3 Å². The van der Waals surface area contributed by atoms with Crippen molar-refractivity contribution in [2.24, 2.45) is 13.0 Å². The van der Waals surface area contributed by atoms with Crippen molar-refractivity contribution in [1.29, 1.82) is 0 Å². The van der Waals surface area contributed by atoms with Crippen LogP contribution in [0.3, 0.4) is 0 Å². The predicted octanol–water partition coefficient (Wildman–Crippen LogP) is 3.47. The summed E-state index contributed by atoms with van der Waals surface area (Å²) in [5.74, 6) is -0.577. The summed E-state index contributed by atoms with van der Waals surface area (Å²) in [6.45, 7) is 4.02. The van der Waals surface area contributed by atoms with Crippen LogP contribution in [0, 0.1) is 18.7 Å². The van der Waals surface area contributed by atoms with Gasteiger partial charge in [-0.15, -0.1) is 0 Å². The molecule has 2 heterocycles. The van der Waals surface area contributed by atoms with Crippen molar-refractivity contribution in [3.05, 3.63) is 82.0 Å². The first kappa shape index (κ1) is 21.1. The minimum absolute atomic E-state index is 0.130. The Hall–Kier alpha value is -3.19. The SMILES string of the molecule is Cc1c(NC(=O)[C@H]2CCCN(Cc3ccc(F)cc3)C2)c(=O)n(-c2ccccc2)n1C. The molecule has 3 aromatic rings. The van der Waals surface area contributed by atoms with Crippen molar-refractivity contribution in [1.82, 2.24) is 14.3 Å². The molecule has 0 radical (unpaired) electrons. The van der Waals surface area contributed by atoms with Crippen molar-refractivity contribution in [2.45, 2.75) is 26.3 Å². The minimum atomic E-state index is -0.251. The van der Waals surface area contributed by atoms with E-state index in [1.165, 1.54) is 12.1 Å².